The number of fused-ring (bicyclic) bond motifs is 1. The summed E-state index contributed by atoms with van der Waals surface area (Å²) in [4.78, 5) is 36.1. The van der Waals surface area contributed by atoms with Gasteiger partial charge in [0.15, 0.2) is 5.78 Å². The minimum Gasteiger partial charge on any atom is -0.379 e. The fraction of sp³-hybridized carbons (Fsp3) is 0.500. The molecule has 1 atom stereocenters. The monoisotopic (exact) mass is 333 g/mol. The summed E-state index contributed by atoms with van der Waals surface area (Å²) < 4.78 is 11.0. The highest BCUT2D eigenvalue weighted by atomic mass is 16.5. The van der Waals surface area contributed by atoms with Gasteiger partial charge in [0, 0.05) is 19.1 Å². The van der Waals surface area contributed by atoms with Crippen LogP contribution in [0, 0.1) is 0 Å². The molecule has 2 rings (SSSR count). The Bertz CT molecular complexity index is 599. The maximum Gasteiger partial charge on any atom is 0.252 e. The number of amides is 1. The summed E-state index contributed by atoms with van der Waals surface area (Å²) in [6, 6.07) is 6.28. The largest absolute Gasteiger partial charge is 0.379 e. The van der Waals surface area contributed by atoms with Gasteiger partial charge >= 0.3 is 0 Å². The number of carbonyl (C=O) groups excluding carboxylic acids is 3. The standard InChI is InChI=1S/C18H23NO5/c1-13(20)17(21)16-8-4-5-9-23-10-11-24-12-14-6-2-3-7-15(14)18(22)19-16/h2-3,6-7,16H,4-5,8-12H2,1H3,(H,19,22). The van der Waals surface area contributed by atoms with E-state index in [1.807, 2.05) is 12.1 Å². The van der Waals surface area contributed by atoms with Gasteiger partial charge in [0.25, 0.3) is 5.91 Å². The summed E-state index contributed by atoms with van der Waals surface area (Å²) in [5, 5.41) is 2.70. The molecule has 0 fully saturated rings. The molecule has 1 aliphatic rings. The van der Waals surface area contributed by atoms with Gasteiger partial charge < -0.3 is 14.8 Å². The lowest BCUT2D eigenvalue weighted by Gasteiger charge is -2.18. The fourth-order valence-corrected chi connectivity index (χ4v) is 2.57. The maximum atomic E-state index is 12.6. The van der Waals surface area contributed by atoms with Gasteiger partial charge in [0.05, 0.1) is 25.9 Å². The van der Waals surface area contributed by atoms with Crippen LogP contribution in [-0.2, 0) is 25.7 Å². The van der Waals surface area contributed by atoms with Gasteiger partial charge in [-0.05, 0) is 30.9 Å². The molecular formula is C18H23NO5. The van der Waals surface area contributed by atoms with Crippen LogP contribution in [0.4, 0.5) is 0 Å². The molecule has 0 aromatic heterocycles. The van der Waals surface area contributed by atoms with E-state index in [0.717, 1.165) is 12.0 Å². The minimum atomic E-state index is -0.799. The van der Waals surface area contributed by atoms with E-state index < -0.39 is 17.6 Å². The lowest BCUT2D eigenvalue weighted by molar-refractivity contribution is -0.136. The number of nitrogens with one attached hydrogen (secondary N) is 1. The van der Waals surface area contributed by atoms with Crippen LogP contribution in [0.3, 0.4) is 0 Å². The predicted octanol–water partition coefficient (Wildman–Crippen LogP) is 1.66. The number of hydrogen-bond donors (Lipinski definition) is 1. The Morgan fingerprint density at radius 3 is 2.62 bits per heavy atom. The van der Waals surface area contributed by atoms with Crippen LogP contribution >= 0.6 is 0 Å². The number of Topliss-reactive ketones (excluding diaryl/α,β-unsaturated/α-hetero) is 2. The zero-order valence-electron chi connectivity index (χ0n) is 13.9. The Balaban J connectivity index is 2.20. The van der Waals surface area contributed by atoms with Crippen LogP contribution in [0.5, 0.6) is 0 Å². The lowest BCUT2D eigenvalue weighted by atomic mass is 10.0. The highest BCUT2D eigenvalue weighted by Crippen LogP contribution is 2.12. The van der Waals surface area contributed by atoms with Crippen LogP contribution in [0.2, 0.25) is 0 Å². The van der Waals surface area contributed by atoms with Crippen molar-refractivity contribution >= 4 is 17.5 Å². The summed E-state index contributed by atoms with van der Waals surface area (Å²) in [6.45, 7) is 3.03. The van der Waals surface area contributed by atoms with Crippen molar-refractivity contribution in [1.29, 1.82) is 0 Å². The van der Waals surface area contributed by atoms with Crippen LogP contribution in [0.15, 0.2) is 24.3 Å². The third-order valence-electron chi connectivity index (χ3n) is 3.89. The second kappa shape index (κ2) is 9.30. The predicted molar refractivity (Wildman–Crippen MR) is 87.7 cm³/mol. The second-order valence-corrected chi connectivity index (χ2v) is 5.76. The summed E-state index contributed by atoms with van der Waals surface area (Å²) in [5.74, 6) is -1.47. The molecule has 1 N–H and O–H groups in total. The van der Waals surface area contributed by atoms with E-state index >= 15 is 0 Å². The zero-order chi connectivity index (χ0) is 17.4. The minimum absolute atomic E-state index is 0.290. The molecule has 0 aliphatic carbocycles. The molecule has 0 spiro atoms. The van der Waals surface area contributed by atoms with E-state index in [4.69, 9.17) is 9.47 Å². The van der Waals surface area contributed by atoms with Crippen molar-refractivity contribution in [2.45, 2.75) is 38.8 Å². The van der Waals surface area contributed by atoms with E-state index in [1.165, 1.54) is 6.92 Å². The van der Waals surface area contributed by atoms with Crippen LogP contribution in [-0.4, -0.2) is 43.3 Å². The third-order valence-corrected chi connectivity index (χ3v) is 3.89. The van der Waals surface area contributed by atoms with Crippen molar-refractivity contribution in [3.63, 3.8) is 0 Å². The number of ketones is 2. The quantitative estimate of drug-likeness (QED) is 0.833. The molecular weight excluding hydrogens is 310 g/mol. The summed E-state index contributed by atoms with van der Waals surface area (Å²) in [6.07, 6.45) is 1.87. The van der Waals surface area contributed by atoms with Crippen molar-refractivity contribution in [3.8, 4) is 0 Å². The number of benzene rings is 1. The SMILES string of the molecule is CC(=O)C(=O)C1CCCCOCCOCc2ccccc2C(=O)N1. The first-order valence-corrected chi connectivity index (χ1v) is 8.18. The topological polar surface area (TPSA) is 81.7 Å². The van der Waals surface area contributed by atoms with Crippen LogP contribution < -0.4 is 5.32 Å². The molecule has 0 bridgehead atoms. The fourth-order valence-electron chi connectivity index (χ4n) is 2.57. The number of rotatable bonds is 2. The Morgan fingerprint density at radius 2 is 1.83 bits per heavy atom. The number of hydrogen-bond acceptors (Lipinski definition) is 5. The molecule has 0 radical (unpaired) electrons. The van der Waals surface area contributed by atoms with Gasteiger partial charge in [-0.3, -0.25) is 14.4 Å². The first kappa shape index (κ1) is 18.3. The average molecular weight is 333 g/mol. The molecule has 6 heteroatoms. The summed E-state index contributed by atoms with van der Waals surface area (Å²) in [5.41, 5.74) is 1.19. The molecule has 1 amide bonds. The average Bonchev–Trinajstić information content (AvgIpc) is 2.58. The summed E-state index contributed by atoms with van der Waals surface area (Å²) in [7, 11) is 0. The maximum absolute atomic E-state index is 12.6. The van der Waals surface area contributed by atoms with E-state index in [-0.39, 0.29) is 12.5 Å². The van der Waals surface area contributed by atoms with E-state index in [1.54, 1.807) is 12.1 Å². The summed E-state index contributed by atoms with van der Waals surface area (Å²) >= 11 is 0. The van der Waals surface area contributed by atoms with Gasteiger partial charge in [0.1, 0.15) is 0 Å². The van der Waals surface area contributed by atoms with Crippen LogP contribution in [0.25, 0.3) is 0 Å². The molecule has 0 saturated heterocycles. The van der Waals surface area contributed by atoms with Gasteiger partial charge in [-0.2, -0.15) is 0 Å². The Hall–Kier alpha value is -2.05. The van der Waals surface area contributed by atoms with Gasteiger partial charge in [0.2, 0.25) is 5.78 Å². The van der Waals surface area contributed by atoms with Crippen molar-refractivity contribution < 1.29 is 23.9 Å². The number of ether oxygens (including phenoxy) is 2. The molecule has 6 nitrogen and oxygen atoms in total. The van der Waals surface area contributed by atoms with E-state index in [9.17, 15) is 14.4 Å². The zero-order valence-corrected chi connectivity index (χ0v) is 13.9. The van der Waals surface area contributed by atoms with Crippen molar-refractivity contribution in [1.82, 2.24) is 5.32 Å². The highest BCUT2D eigenvalue weighted by Gasteiger charge is 2.25. The van der Waals surface area contributed by atoms with Crippen molar-refractivity contribution in [2.24, 2.45) is 0 Å². The molecule has 24 heavy (non-hydrogen) atoms. The first-order chi connectivity index (χ1) is 11.6. The van der Waals surface area contributed by atoms with Crippen molar-refractivity contribution in [3.05, 3.63) is 35.4 Å². The number of carbonyl (C=O) groups is 3. The van der Waals surface area contributed by atoms with Crippen molar-refractivity contribution in [2.75, 3.05) is 19.8 Å². The van der Waals surface area contributed by atoms with Gasteiger partial charge in [-0.1, -0.05) is 18.2 Å². The third kappa shape index (κ3) is 5.25. The second-order valence-electron chi connectivity index (χ2n) is 5.76. The Labute approximate surface area is 141 Å². The molecule has 1 aliphatic heterocycles. The molecule has 1 unspecified atom stereocenters. The molecule has 1 aromatic carbocycles. The molecule has 1 heterocycles. The molecule has 1 aromatic rings. The highest BCUT2D eigenvalue weighted by molar-refractivity contribution is 6.38. The van der Waals surface area contributed by atoms with Gasteiger partial charge in [-0.25, -0.2) is 0 Å². The molecule has 0 saturated carbocycles. The van der Waals surface area contributed by atoms with E-state index in [2.05, 4.69) is 5.32 Å². The first-order valence-electron chi connectivity index (χ1n) is 8.18. The van der Waals surface area contributed by atoms with Gasteiger partial charge in [-0.15, -0.1) is 0 Å². The van der Waals surface area contributed by atoms with E-state index in [0.29, 0.717) is 38.2 Å². The van der Waals surface area contributed by atoms with Crippen LogP contribution in [0.1, 0.15) is 42.1 Å². The normalized spacial score (nSPS) is 20.4. The molecule has 130 valence electrons. The Kier molecular flexibility index (Phi) is 7.08. The lowest BCUT2D eigenvalue weighted by Crippen LogP contribution is -2.43. The Morgan fingerprint density at radius 1 is 1.08 bits per heavy atom. The smallest absolute Gasteiger partial charge is 0.252 e.